The Morgan fingerprint density at radius 3 is 2.60 bits per heavy atom. The van der Waals surface area contributed by atoms with Crippen molar-refractivity contribution in [3.05, 3.63) is 53.6 Å². The number of aryl methyl sites for hydroxylation is 1. The van der Waals surface area contributed by atoms with Crippen LogP contribution in [0, 0.1) is 0 Å². The molecule has 7 rings (SSSR count). The Labute approximate surface area is 247 Å². The van der Waals surface area contributed by atoms with E-state index < -0.39 is 0 Å². The fourth-order valence-corrected chi connectivity index (χ4v) is 6.04. The van der Waals surface area contributed by atoms with E-state index in [0.717, 1.165) is 76.5 Å². The zero-order chi connectivity index (χ0) is 28.9. The van der Waals surface area contributed by atoms with Crippen molar-refractivity contribution in [2.75, 3.05) is 66.1 Å². The van der Waals surface area contributed by atoms with Gasteiger partial charge in [0.1, 0.15) is 5.75 Å². The summed E-state index contributed by atoms with van der Waals surface area (Å²) < 4.78 is 23.8. The number of hydrogen-bond acceptors (Lipinski definition) is 8. The summed E-state index contributed by atoms with van der Waals surface area (Å²) in [6.45, 7) is 7.26. The molecule has 2 aromatic rings. The van der Waals surface area contributed by atoms with E-state index in [9.17, 15) is 9.59 Å². The van der Waals surface area contributed by atoms with Crippen molar-refractivity contribution in [3.63, 3.8) is 0 Å². The zero-order valence-electron chi connectivity index (χ0n) is 24.5. The van der Waals surface area contributed by atoms with Crippen LogP contribution >= 0.6 is 0 Å². The maximum atomic E-state index is 13.4. The molecule has 10 heteroatoms. The van der Waals surface area contributed by atoms with Gasteiger partial charge in [-0.2, -0.15) is 0 Å². The first-order valence-corrected chi connectivity index (χ1v) is 15.2. The van der Waals surface area contributed by atoms with E-state index in [1.165, 1.54) is 0 Å². The number of fused-ring (bicyclic) bond motifs is 9. The number of carbonyl (C=O) groups excluding carboxylic acids is 2. The number of nitrogens with zero attached hydrogens (tertiary/aromatic N) is 3. The first-order chi connectivity index (χ1) is 20.5. The van der Waals surface area contributed by atoms with Crippen LogP contribution < -0.4 is 14.8 Å². The van der Waals surface area contributed by atoms with Crippen LogP contribution in [0.4, 0.5) is 0 Å². The molecule has 2 atom stereocenters. The van der Waals surface area contributed by atoms with Crippen molar-refractivity contribution in [3.8, 4) is 17.2 Å². The molecule has 42 heavy (non-hydrogen) atoms. The summed E-state index contributed by atoms with van der Waals surface area (Å²) in [4.78, 5) is 33.2. The second kappa shape index (κ2) is 13.4. The first kappa shape index (κ1) is 28.9. The van der Waals surface area contributed by atoms with Crippen LogP contribution in [0.25, 0.3) is 0 Å². The number of amides is 2. The van der Waals surface area contributed by atoms with E-state index in [1.54, 1.807) is 12.0 Å². The van der Waals surface area contributed by atoms with Gasteiger partial charge in [0, 0.05) is 51.7 Å². The number of nitrogens with one attached hydrogen (secondary N) is 1. The smallest absolute Gasteiger partial charge is 0.239 e. The lowest BCUT2D eigenvalue weighted by Crippen LogP contribution is -2.49. The lowest BCUT2D eigenvalue weighted by atomic mass is 10.1. The summed E-state index contributed by atoms with van der Waals surface area (Å²) in [5.41, 5.74) is 1.97. The highest BCUT2D eigenvalue weighted by Crippen LogP contribution is 2.34. The molecule has 4 bridgehead atoms. The van der Waals surface area contributed by atoms with E-state index in [2.05, 4.69) is 15.1 Å². The van der Waals surface area contributed by atoms with E-state index >= 15 is 0 Å². The molecule has 4 aliphatic heterocycles. The van der Waals surface area contributed by atoms with Crippen LogP contribution in [-0.4, -0.2) is 111 Å². The minimum Gasteiger partial charge on any atom is -0.493 e. The molecule has 2 saturated heterocycles. The monoisotopic (exact) mass is 578 g/mol. The molecule has 1 aliphatic carbocycles. The van der Waals surface area contributed by atoms with Crippen LogP contribution in [0.1, 0.15) is 30.4 Å². The second-order valence-electron chi connectivity index (χ2n) is 11.7. The minimum atomic E-state index is -0.164. The molecule has 0 aromatic heterocycles. The molecule has 3 fully saturated rings. The quantitative estimate of drug-likeness (QED) is 0.579. The Kier molecular flexibility index (Phi) is 9.24. The van der Waals surface area contributed by atoms with Gasteiger partial charge < -0.3 is 29.2 Å². The van der Waals surface area contributed by atoms with E-state index in [-0.39, 0.29) is 36.5 Å². The Morgan fingerprint density at radius 1 is 0.952 bits per heavy atom. The van der Waals surface area contributed by atoms with Gasteiger partial charge in [0.15, 0.2) is 11.5 Å². The highest BCUT2D eigenvalue weighted by atomic mass is 16.5. The molecular formula is C32H42N4O6. The SMILES string of the molecule is COc1cc2ccc1Oc1cccc(c1)CO[C@H]1CN(CCN3CCOCC3)C[C@@H]1NC(=O)CN(C1CC1)C(=O)CC2. The molecule has 2 amide bonds. The molecular weight excluding hydrogens is 536 g/mol. The van der Waals surface area contributed by atoms with Gasteiger partial charge in [-0.25, -0.2) is 0 Å². The van der Waals surface area contributed by atoms with Crippen molar-refractivity contribution in [1.29, 1.82) is 0 Å². The number of carbonyl (C=O) groups is 2. The van der Waals surface area contributed by atoms with Crippen molar-refractivity contribution in [2.45, 2.75) is 50.5 Å². The zero-order valence-corrected chi connectivity index (χ0v) is 24.5. The summed E-state index contributed by atoms with van der Waals surface area (Å²) in [5.74, 6) is 1.81. The average Bonchev–Trinajstić information content (AvgIpc) is 3.78. The Balaban J connectivity index is 1.21. The van der Waals surface area contributed by atoms with Crippen LogP contribution in [0.2, 0.25) is 0 Å². The molecule has 0 radical (unpaired) electrons. The van der Waals surface area contributed by atoms with Gasteiger partial charge in [0.05, 0.1) is 45.6 Å². The first-order valence-electron chi connectivity index (χ1n) is 15.2. The van der Waals surface area contributed by atoms with Gasteiger partial charge in [-0.15, -0.1) is 0 Å². The third kappa shape index (κ3) is 7.42. The Morgan fingerprint density at radius 2 is 1.79 bits per heavy atom. The molecule has 10 nitrogen and oxygen atoms in total. The predicted octanol–water partition coefficient (Wildman–Crippen LogP) is 2.44. The van der Waals surface area contributed by atoms with Gasteiger partial charge >= 0.3 is 0 Å². The summed E-state index contributed by atoms with van der Waals surface area (Å²) in [6.07, 6.45) is 2.62. The number of rotatable bonds is 5. The third-order valence-electron chi connectivity index (χ3n) is 8.59. The molecule has 4 heterocycles. The summed E-state index contributed by atoms with van der Waals surface area (Å²) in [5, 5.41) is 3.24. The normalized spacial score (nSPS) is 24.7. The predicted molar refractivity (Wildman–Crippen MR) is 157 cm³/mol. The van der Waals surface area contributed by atoms with Crippen LogP contribution in [-0.2, 0) is 32.1 Å². The van der Waals surface area contributed by atoms with Gasteiger partial charge in [0.25, 0.3) is 0 Å². The molecule has 1 saturated carbocycles. The Hall–Kier alpha value is -3.18. The number of likely N-dealkylation sites (tertiary alicyclic amines) is 1. The van der Waals surface area contributed by atoms with Gasteiger partial charge in [-0.1, -0.05) is 18.2 Å². The number of benzene rings is 2. The topological polar surface area (TPSA) is 92.8 Å². The fraction of sp³-hybridized carbons (Fsp3) is 0.562. The van der Waals surface area contributed by atoms with Crippen LogP contribution in [0.15, 0.2) is 42.5 Å². The molecule has 2 aromatic carbocycles. The van der Waals surface area contributed by atoms with E-state index in [1.807, 2.05) is 42.5 Å². The van der Waals surface area contributed by atoms with Crippen LogP contribution in [0.3, 0.4) is 0 Å². The Bertz CT molecular complexity index is 1250. The standard InChI is InChI=1S/C32H42N4O6/c1-39-29-18-23-5-9-28(29)42-26-4-2-3-24(17-26)22-41-30-20-35(12-11-34-13-15-40-16-14-34)19-27(30)33-31(37)21-36(25-7-8-25)32(38)10-6-23/h2-5,9,17-18,25,27,30H,6-8,10-16,19-22H2,1H3,(H,33,37)/t27-,30-/m0/s1. The van der Waals surface area contributed by atoms with Gasteiger partial charge in [-0.05, 0) is 54.7 Å². The molecule has 1 N–H and O–H groups in total. The van der Waals surface area contributed by atoms with Crippen molar-refractivity contribution in [1.82, 2.24) is 20.0 Å². The van der Waals surface area contributed by atoms with Crippen molar-refractivity contribution < 1.29 is 28.5 Å². The molecule has 0 unspecified atom stereocenters. The number of hydrogen-bond donors (Lipinski definition) is 1. The maximum Gasteiger partial charge on any atom is 0.239 e. The van der Waals surface area contributed by atoms with Crippen LogP contribution in [0.5, 0.6) is 17.2 Å². The minimum absolute atomic E-state index is 0.00671. The molecule has 5 aliphatic rings. The largest absolute Gasteiger partial charge is 0.493 e. The van der Waals surface area contributed by atoms with Crippen molar-refractivity contribution in [2.24, 2.45) is 0 Å². The summed E-state index contributed by atoms with van der Waals surface area (Å²) in [7, 11) is 1.62. The van der Waals surface area contributed by atoms with Gasteiger partial charge in [0.2, 0.25) is 11.8 Å². The van der Waals surface area contributed by atoms with Gasteiger partial charge in [-0.3, -0.25) is 19.4 Å². The fourth-order valence-electron chi connectivity index (χ4n) is 6.04. The van der Waals surface area contributed by atoms with Crippen molar-refractivity contribution >= 4 is 11.8 Å². The highest BCUT2D eigenvalue weighted by molar-refractivity contribution is 5.85. The average molecular weight is 579 g/mol. The maximum absolute atomic E-state index is 13.4. The van der Waals surface area contributed by atoms with E-state index in [0.29, 0.717) is 36.7 Å². The summed E-state index contributed by atoms with van der Waals surface area (Å²) >= 11 is 0. The highest BCUT2D eigenvalue weighted by Gasteiger charge is 2.37. The number of methoxy groups -OCH3 is 1. The number of ether oxygens (including phenoxy) is 4. The molecule has 226 valence electrons. The number of morpholine rings is 1. The lowest BCUT2D eigenvalue weighted by molar-refractivity contribution is -0.137. The lowest BCUT2D eigenvalue weighted by Gasteiger charge is -2.28. The molecule has 0 spiro atoms. The van der Waals surface area contributed by atoms with E-state index in [4.69, 9.17) is 18.9 Å². The second-order valence-corrected chi connectivity index (χ2v) is 11.7. The summed E-state index contributed by atoms with van der Waals surface area (Å²) in [6, 6.07) is 13.6. The third-order valence-corrected chi connectivity index (χ3v) is 8.59.